The number of aliphatic hydroxyl groups excluding tert-OH is 1. The van der Waals surface area contributed by atoms with Crippen LogP contribution in [0.25, 0.3) is 0 Å². The van der Waals surface area contributed by atoms with Crippen molar-refractivity contribution in [2.45, 2.75) is 38.2 Å². The molecule has 0 amide bonds. The summed E-state index contributed by atoms with van der Waals surface area (Å²) in [6.07, 6.45) is 5.02. The number of rotatable bonds is 7. The average Bonchev–Trinajstić information content (AvgIpc) is 3.15. The van der Waals surface area contributed by atoms with E-state index < -0.39 is 0 Å². The summed E-state index contributed by atoms with van der Waals surface area (Å²) in [5.41, 5.74) is 0. The van der Waals surface area contributed by atoms with Gasteiger partial charge in [-0.1, -0.05) is 42.5 Å². The zero-order valence-corrected chi connectivity index (χ0v) is 19.1. The number of hydrogen-bond donors (Lipinski definition) is 1. The molecule has 6 heteroatoms. The van der Waals surface area contributed by atoms with Crippen LogP contribution in [0.5, 0.6) is 5.75 Å². The molecule has 133 valence electrons. The second-order valence-electron chi connectivity index (χ2n) is 6.40. The van der Waals surface area contributed by atoms with Gasteiger partial charge in [0.1, 0.15) is 5.75 Å². The van der Waals surface area contributed by atoms with Gasteiger partial charge in [-0.3, -0.25) is 0 Å². The van der Waals surface area contributed by atoms with Crippen LogP contribution in [0.2, 0.25) is 10.0 Å². The Bertz CT molecular complexity index is 631. The minimum Gasteiger partial charge on any atom is -0.493 e. The normalized spacial score (nSPS) is 22.6. The molecular formula is C19H21Cl2O2SY-. The average molecular weight is 473 g/mol. The molecule has 0 aliphatic heterocycles. The summed E-state index contributed by atoms with van der Waals surface area (Å²) in [6, 6.07) is 9.32. The van der Waals surface area contributed by atoms with E-state index in [1.54, 1.807) is 29.5 Å². The number of thiophene rings is 1. The number of aliphatic hydroxyl groups is 1. The Morgan fingerprint density at radius 3 is 2.64 bits per heavy atom. The molecule has 1 heterocycles. The van der Waals surface area contributed by atoms with Crippen molar-refractivity contribution in [2.24, 2.45) is 11.8 Å². The summed E-state index contributed by atoms with van der Waals surface area (Å²) in [7, 11) is 0. The predicted octanol–water partition coefficient (Wildman–Crippen LogP) is 5.64. The molecule has 0 unspecified atom stereocenters. The van der Waals surface area contributed by atoms with E-state index in [2.05, 4.69) is 11.4 Å². The van der Waals surface area contributed by atoms with Gasteiger partial charge in [0.2, 0.25) is 0 Å². The molecule has 1 aromatic carbocycles. The van der Waals surface area contributed by atoms with E-state index in [0.29, 0.717) is 28.3 Å². The molecule has 0 bridgehead atoms. The zero-order chi connectivity index (χ0) is 16.9. The van der Waals surface area contributed by atoms with Crippen LogP contribution in [-0.4, -0.2) is 17.8 Å². The predicted molar refractivity (Wildman–Crippen MR) is 100 cm³/mol. The van der Waals surface area contributed by atoms with Crippen LogP contribution in [0.15, 0.2) is 30.3 Å². The Kier molecular flexibility index (Phi) is 9.21. The van der Waals surface area contributed by atoms with Gasteiger partial charge in [0.25, 0.3) is 0 Å². The van der Waals surface area contributed by atoms with E-state index in [9.17, 15) is 5.11 Å². The Labute approximate surface area is 188 Å². The van der Waals surface area contributed by atoms with E-state index in [1.165, 1.54) is 4.88 Å². The van der Waals surface area contributed by atoms with Crippen LogP contribution >= 0.6 is 34.5 Å². The van der Waals surface area contributed by atoms with Gasteiger partial charge >= 0.3 is 0 Å². The van der Waals surface area contributed by atoms with Gasteiger partial charge in [0, 0.05) is 48.7 Å². The first-order chi connectivity index (χ1) is 11.6. The van der Waals surface area contributed by atoms with Gasteiger partial charge in [-0.2, -0.15) is 6.07 Å². The van der Waals surface area contributed by atoms with E-state index in [0.717, 1.165) is 32.1 Å². The fourth-order valence-electron chi connectivity index (χ4n) is 3.48. The largest absolute Gasteiger partial charge is 0.493 e. The minimum absolute atomic E-state index is 0. The standard InChI is InChI=1S/C19H21Cl2O2S.Y/c20-14-9-15(21)11-16(10-14)23-12-18-13(6-7-19(18)22)3-1-4-17-5-2-8-24-17;/h2,5,9-11,13,18-19,22H,1,3-4,6-7,12H2;/q-1;/t13-,18+,19+;/m0./s1. The van der Waals surface area contributed by atoms with Crippen molar-refractivity contribution in [3.63, 3.8) is 0 Å². The summed E-state index contributed by atoms with van der Waals surface area (Å²) in [5, 5.41) is 14.6. The van der Waals surface area contributed by atoms with Crippen molar-refractivity contribution in [1.82, 2.24) is 0 Å². The number of benzene rings is 1. The number of hydrogen-bond acceptors (Lipinski definition) is 3. The maximum absolute atomic E-state index is 10.3. The van der Waals surface area contributed by atoms with Crippen molar-refractivity contribution < 1.29 is 42.6 Å². The van der Waals surface area contributed by atoms with Gasteiger partial charge in [-0.05, 0) is 37.0 Å². The molecule has 3 atom stereocenters. The van der Waals surface area contributed by atoms with Crippen molar-refractivity contribution in [1.29, 1.82) is 0 Å². The first-order valence-electron chi connectivity index (χ1n) is 8.33. The summed E-state index contributed by atoms with van der Waals surface area (Å²) < 4.78 is 5.87. The second kappa shape index (κ2) is 10.6. The molecule has 1 fully saturated rings. The van der Waals surface area contributed by atoms with Crippen LogP contribution in [-0.2, 0) is 39.1 Å². The molecular weight excluding hydrogens is 452 g/mol. The molecule has 0 spiro atoms. The van der Waals surface area contributed by atoms with Crippen LogP contribution in [0.3, 0.4) is 0 Å². The van der Waals surface area contributed by atoms with Gasteiger partial charge in [0.15, 0.2) is 0 Å². The topological polar surface area (TPSA) is 29.5 Å². The first kappa shape index (κ1) is 21.7. The molecule has 2 nitrogen and oxygen atoms in total. The molecule has 1 aliphatic rings. The Morgan fingerprint density at radius 2 is 1.96 bits per heavy atom. The van der Waals surface area contributed by atoms with Gasteiger partial charge in [-0.25, -0.2) is 6.07 Å². The van der Waals surface area contributed by atoms with E-state index in [4.69, 9.17) is 27.9 Å². The molecule has 1 aliphatic carbocycles. The summed E-state index contributed by atoms with van der Waals surface area (Å²) in [4.78, 5) is 1.38. The van der Waals surface area contributed by atoms with Crippen LogP contribution in [0.1, 0.15) is 30.6 Å². The first-order valence-corrected chi connectivity index (χ1v) is 9.91. The van der Waals surface area contributed by atoms with Gasteiger partial charge in [-0.15, -0.1) is 10.3 Å². The molecule has 25 heavy (non-hydrogen) atoms. The van der Waals surface area contributed by atoms with Crippen LogP contribution in [0.4, 0.5) is 0 Å². The van der Waals surface area contributed by atoms with Crippen molar-refractivity contribution in [3.05, 3.63) is 50.6 Å². The maximum Gasteiger partial charge on any atom is 0.122 e. The summed E-state index contributed by atoms with van der Waals surface area (Å²) in [5.74, 6) is 1.36. The third-order valence-electron chi connectivity index (χ3n) is 4.74. The van der Waals surface area contributed by atoms with Crippen molar-refractivity contribution >= 4 is 34.5 Å². The van der Waals surface area contributed by atoms with E-state index in [-0.39, 0.29) is 44.7 Å². The van der Waals surface area contributed by atoms with E-state index >= 15 is 0 Å². The Balaban J connectivity index is 0.00000225. The Morgan fingerprint density at radius 1 is 1.20 bits per heavy atom. The molecule has 1 aromatic heterocycles. The molecule has 2 aromatic rings. The van der Waals surface area contributed by atoms with Crippen LogP contribution < -0.4 is 4.74 Å². The van der Waals surface area contributed by atoms with Crippen molar-refractivity contribution in [3.8, 4) is 5.75 Å². The number of aryl methyl sites for hydroxylation is 1. The molecule has 1 saturated carbocycles. The second-order valence-corrected chi connectivity index (χ2v) is 8.23. The van der Waals surface area contributed by atoms with Crippen LogP contribution in [0, 0.1) is 17.2 Å². The number of ether oxygens (including phenoxy) is 1. The van der Waals surface area contributed by atoms with Gasteiger partial charge < -0.3 is 21.2 Å². The van der Waals surface area contributed by atoms with Crippen molar-refractivity contribution in [2.75, 3.05) is 6.61 Å². The molecule has 0 saturated heterocycles. The number of halogens is 2. The third kappa shape index (κ3) is 6.48. The monoisotopic (exact) mass is 472 g/mol. The summed E-state index contributed by atoms with van der Waals surface area (Å²) in [6.45, 7) is 0.509. The molecule has 1 radical (unpaired) electrons. The van der Waals surface area contributed by atoms with E-state index in [1.807, 2.05) is 6.07 Å². The molecule has 1 N–H and O–H groups in total. The van der Waals surface area contributed by atoms with Gasteiger partial charge in [0.05, 0.1) is 12.7 Å². The Hall–Kier alpha value is 0.364. The SMILES string of the molecule is O[C@@H]1CC[C@H](CCCc2cc[c-]s2)[C@H]1COc1cc(Cl)cc(Cl)c1.[Y]. The third-order valence-corrected chi connectivity index (χ3v) is 6.03. The maximum atomic E-state index is 10.3. The smallest absolute Gasteiger partial charge is 0.122 e. The quantitative estimate of drug-likeness (QED) is 0.528. The minimum atomic E-state index is -0.278. The molecule has 3 rings (SSSR count). The summed E-state index contributed by atoms with van der Waals surface area (Å²) >= 11 is 13.7. The fraction of sp³-hybridized carbons (Fsp3) is 0.474. The fourth-order valence-corrected chi connectivity index (χ4v) is 4.66. The zero-order valence-electron chi connectivity index (χ0n) is 14.0.